The van der Waals surface area contributed by atoms with E-state index in [4.69, 9.17) is 4.74 Å². The summed E-state index contributed by atoms with van der Waals surface area (Å²) in [4.78, 5) is 42.2. The number of carbonyl (C=O) groups is 3. The van der Waals surface area contributed by atoms with Crippen LogP contribution in [-0.2, 0) is 11.3 Å². The van der Waals surface area contributed by atoms with Crippen LogP contribution in [0.5, 0.6) is 5.75 Å². The summed E-state index contributed by atoms with van der Waals surface area (Å²) >= 11 is 0. The number of urea groups is 1. The SMILES string of the molecule is COc1ccc(NC(=O)Nc2ccccc2C(=O)N(Cc2ccccc2)C(C)(C)C(=O)NC2CCCCC2)cc1. The molecule has 3 N–H and O–H groups in total. The largest absolute Gasteiger partial charge is 0.497 e. The number of ether oxygens (including phenoxy) is 1. The van der Waals surface area contributed by atoms with Crippen LogP contribution in [0.2, 0.25) is 0 Å². The van der Waals surface area contributed by atoms with Gasteiger partial charge in [0.15, 0.2) is 0 Å². The lowest BCUT2D eigenvalue weighted by Crippen LogP contribution is -2.58. The highest BCUT2D eigenvalue weighted by Crippen LogP contribution is 2.27. The van der Waals surface area contributed by atoms with Crippen molar-refractivity contribution >= 4 is 29.2 Å². The van der Waals surface area contributed by atoms with Gasteiger partial charge in [-0.1, -0.05) is 61.7 Å². The Labute approximate surface area is 236 Å². The van der Waals surface area contributed by atoms with E-state index < -0.39 is 11.6 Å². The molecule has 3 aromatic rings. The highest BCUT2D eigenvalue weighted by molar-refractivity contribution is 6.07. The second kappa shape index (κ2) is 13.2. The number of rotatable bonds is 9. The van der Waals surface area contributed by atoms with E-state index in [9.17, 15) is 14.4 Å². The van der Waals surface area contributed by atoms with Crippen LogP contribution in [-0.4, -0.2) is 41.4 Å². The summed E-state index contributed by atoms with van der Waals surface area (Å²) in [7, 11) is 1.57. The molecule has 1 fully saturated rings. The van der Waals surface area contributed by atoms with E-state index in [-0.39, 0.29) is 24.4 Å². The van der Waals surface area contributed by atoms with E-state index in [0.717, 1.165) is 31.2 Å². The molecule has 0 unspecified atom stereocenters. The maximum absolute atomic E-state index is 14.2. The predicted molar refractivity (Wildman–Crippen MR) is 157 cm³/mol. The third kappa shape index (κ3) is 7.20. The smallest absolute Gasteiger partial charge is 0.323 e. The van der Waals surface area contributed by atoms with Gasteiger partial charge < -0.3 is 25.6 Å². The predicted octanol–water partition coefficient (Wildman–Crippen LogP) is 6.21. The van der Waals surface area contributed by atoms with Crippen LogP contribution in [0.25, 0.3) is 0 Å². The molecule has 0 radical (unpaired) electrons. The summed E-state index contributed by atoms with van der Waals surface area (Å²) in [5.41, 5.74) is 0.968. The van der Waals surface area contributed by atoms with E-state index in [1.54, 1.807) is 74.4 Å². The molecule has 1 saturated carbocycles. The summed E-state index contributed by atoms with van der Waals surface area (Å²) in [5, 5.41) is 8.77. The normalized spacial score (nSPS) is 13.7. The van der Waals surface area contributed by atoms with Gasteiger partial charge in [0.05, 0.1) is 18.4 Å². The Kier molecular flexibility index (Phi) is 9.43. The highest BCUT2D eigenvalue weighted by atomic mass is 16.5. The van der Waals surface area contributed by atoms with Crippen LogP contribution in [0.4, 0.5) is 16.2 Å². The molecule has 0 bridgehead atoms. The van der Waals surface area contributed by atoms with E-state index in [1.165, 1.54) is 6.42 Å². The van der Waals surface area contributed by atoms with Crippen molar-refractivity contribution in [1.82, 2.24) is 10.2 Å². The van der Waals surface area contributed by atoms with Crippen molar-refractivity contribution in [2.45, 2.75) is 64.1 Å². The third-order valence-electron chi connectivity index (χ3n) is 7.35. The first-order chi connectivity index (χ1) is 19.3. The van der Waals surface area contributed by atoms with Crippen LogP contribution < -0.4 is 20.7 Å². The van der Waals surface area contributed by atoms with Gasteiger partial charge in [0.1, 0.15) is 11.3 Å². The summed E-state index contributed by atoms with van der Waals surface area (Å²) in [6.45, 7) is 3.79. The van der Waals surface area contributed by atoms with Gasteiger partial charge in [-0.15, -0.1) is 0 Å². The Hall–Kier alpha value is -4.33. The molecular weight excluding hydrogens is 504 g/mol. The molecule has 40 heavy (non-hydrogen) atoms. The van der Waals surface area contributed by atoms with Gasteiger partial charge in [0, 0.05) is 18.3 Å². The van der Waals surface area contributed by atoms with Crippen LogP contribution in [0.1, 0.15) is 61.9 Å². The molecule has 8 heteroatoms. The minimum Gasteiger partial charge on any atom is -0.497 e. The minimum atomic E-state index is -1.15. The number of amides is 4. The molecule has 1 aliphatic rings. The number of methoxy groups -OCH3 is 1. The number of hydrogen-bond acceptors (Lipinski definition) is 4. The first-order valence-corrected chi connectivity index (χ1v) is 13.8. The van der Waals surface area contributed by atoms with Crippen LogP contribution in [0, 0.1) is 0 Å². The molecule has 0 saturated heterocycles. The summed E-state index contributed by atoms with van der Waals surface area (Å²) in [6, 6.07) is 23.0. The Balaban J connectivity index is 1.58. The monoisotopic (exact) mass is 542 g/mol. The molecule has 0 spiro atoms. The van der Waals surface area contributed by atoms with Crippen LogP contribution in [0.3, 0.4) is 0 Å². The molecule has 4 amide bonds. The number of para-hydroxylation sites is 1. The molecular formula is C32H38N4O4. The summed E-state index contributed by atoms with van der Waals surface area (Å²) in [6.07, 6.45) is 5.27. The molecule has 0 atom stereocenters. The lowest BCUT2D eigenvalue weighted by atomic mass is 9.93. The summed E-state index contributed by atoms with van der Waals surface area (Å²) in [5.74, 6) is 0.134. The minimum absolute atomic E-state index is 0.116. The fourth-order valence-corrected chi connectivity index (χ4v) is 4.90. The average molecular weight is 543 g/mol. The third-order valence-corrected chi connectivity index (χ3v) is 7.35. The van der Waals surface area contributed by atoms with E-state index in [0.29, 0.717) is 22.7 Å². The molecule has 0 aliphatic heterocycles. The lowest BCUT2D eigenvalue weighted by molar-refractivity contribution is -0.131. The molecule has 0 aromatic heterocycles. The van der Waals surface area contributed by atoms with E-state index in [2.05, 4.69) is 16.0 Å². The number of nitrogens with one attached hydrogen (secondary N) is 3. The number of benzene rings is 3. The van der Waals surface area contributed by atoms with Crippen molar-refractivity contribution in [3.05, 3.63) is 90.0 Å². The molecule has 1 aliphatic carbocycles. The zero-order valence-corrected chi connectivity index (χ0v) is 23.4. The average Bonchev–Trinajstić information content (AvgIpc) is 2.97. The van der Waals surface area contributed by atoms with Crippen molar-refractivity contribution in [2.24, 2.45) is 0 Å². The summed E-state index contributed by atoms with van der Waals surface area (Å²) < 4.78 is 5.16. The Morgan fingerprint density at radius 2 is 1.50 bits per heavy atom. The number of anilines is 2. The zero-order chi connectivity index (χ0) is 28.5. The second-order valence-corrected chi connectivity index (χ2v) is 10.6. The van der Waals surface area contributed by atoms with Gasteiger partial charge in [-0.05, 0) is 68.7 Å². The van der Waals surface area contributed by atoms with Crippen molar-refractivity contribution in [3.63, 3.8) is 0 Å². The van der Waals surface area contributed by atoms with Gasteiger partial charge in [0.2, 0.25) is 5.91 Å². The van der Waals surface area contributed by atoms with Crippen molar-refractivity contribution in [3.8, 4) is 5.75 Å². The van der Waals surface area contributed by atoms with Crippen LogP contribution >= 0.6 is 0 Å². The molecule has 0 heterocycles. The van der Waals surface area contributed by atoms with E-state index in [1.807, 2.05) is 30.3 Å². The zero-order valence-electron chi connectivity index (χ0n) is 23.4. The standard InChI is InChI=1S/C32H38N4O4/c1-32(2,30(38)33-24-14-8-5-9-15-24)36(22-23-12-6-4-7-13-23)29(37)27-16-10-11-17-28(27)35-31(39)34-25-18-20-26(40-3)21-19-25/h4,6-7,10-13,16-21,24H,5,8-9,14-15,22H2,1-3H3,(H,33,38)(H2,34,35,39). The highest BCUT2D eigenvalue weighted by Gasteiger charge is 2.39. The lowest BCUT2D eigenvalue weighted by Gasteiger charge is -2.39. The van der Waals surface area contributed by atoms with Gasteiger partial charge in [0.25, 0.3) is 5.91 Å². The van der Waals surface area contributed by atoms with Gasteiger partial charge >= 0.3 is 6.03 Å². The van der Waals surface area contributed by atoms with Gasteiger partial charge in [-0.3, -0.25) is 9.59 Å². The van der Waals surface area contributed by atoms with Gasteiger partial charge in [-0.25, -0.2) is 4.79 Å². The van der Waals surface area contributed by atoms with Crippen LogP contribution in [0.15, 0.2) is 78.9 Å². The Bertz CT molecular complexity index is 1300. The number of nitrogens with zero attached hydrogens (tertiary/aromatic N) is 1. The van der Waals surface area contributed by atoms with Gasteiger partial charge in [-0.2, -0.15) is 0 Å². The van der Waals surface area contributed by atoms with Crippen molar-refractivity contribution < 1.29 is 19.1 Å². The molecule has 8 nitrogen and oxygen atoms in total. The quantitative estimate of drug-likeness (QED) is 0.299. The second-order valence-electron chi connectivity index (χ2n) is 10.6. The van der Waals surface area contributed by atoms with Crippen molar-refractivity contribution in [1.29, 1.82) is 0 Å². The number of hydrogen-bond donors (Lipinski definition) is 3. The Morgan fingerprint density at radius 1 is 0.850 bits per heavy atom. The maximum Gasteiger partial charge on any atom is 0.323 e. The fourth-order valence-electron chi connectivity index (χ4n) is 4.90. The first kappa shape index (κ1) is 28.7. The first-order valence-electron chi connectivity index (χ1n) is 13.8. The topological polar surface area (TPSA) is 99.8 Å². The van der Waals surface area contributed by atoms with E-state index >= 15 is 0 Å². The Morgan fingerprint density at radius 3 is 2.17 bits per heavy atom. The maximum atomic E-state index is 14.2. The van der Waals surface area contributed by atoms with Crippen molar-refractivity contribution in [2.75, 3.05) is 17.7 Å². The molecule has 3 aromatic carbocycles. The fraction of sp³-hybridized carbons (Fsp3) is 0.344. The molecule has 210 valence electrons. The molecule has 4 rings (SSSR count). The number of carbonyl (C=O) groups excluding carboxylic acids is 3.